The van der Waals surface area contributed by atoms with Gasteiger partial charge in [0.25, 0.3) is 0 Å². The summed E-state index contributed by atoms with van der Waals surface area (Å²) in [5.41, 5.74) is 3.61. The van der Waals surface area contributed by atoms with Crippen LogP contribution in [0.3, 0.4) is 0 Å². The largest absolute Gasteiger partial charge is 0.378 e. The monoisotopic (exact) mass is 323 g/mol. The fraction of sp³-hybridized carbons (Fsp3) is 0.467. The van der Waals surface area contributed by atoms with Crippen LogP contribution >= 0.6 is 23.1 Å². The molecule has 0 aliphatic heterocycles. The van der Waals surface area contributed by atoms with E-state index in [0.717, 1.165) is 27.5 Å². The number of aryl methyl sites for hydroxylation is 2. The number of aromatic nitrogens is 2. The number of nitrogens with zero attached hydrogens (tertiary/aromatic N) is 2. The molecule has 0 saturated carbocycles. The number of ether oxygens (including phenoxy) is 1. The van der Waals surface area contributed by atoms with Crippen LogP contribution < -0.4 is 5.32 Å². The molecule has 0 unspecified atom stereocenters. The van der Waals surface area contributed by atoms with E-state index in [1.165, 1.54) is 11.1 Å². The van der Waals surface area contributed by atoms with Crippen LogP contribution in [0, 0.1) is 13.8 Å². The molecule has 114 valence electrons. The predicted molar refractivity (Wildman–Crippen MR) is 90.9 cm³/mol. The predicted octanol–water partition coefficient (Wildman–Crippen LogP) is 4.42. The van der Waals surface area contributed by atoms with Crippen molar-refractivity contribution in [1.82, 2.24) is 10.2 Å². The fourth-order valence-electron chi connectivity index (χ4n) is 1.67. The van der Waals surface area contributed by atoms with Crippen LogP contribution in [0.5, 0.6) is 0 Å². The Balaban J connectivity index is 1.86. The summed E-state index contributed by atoms with van der Waals surface area (Å²) in [5, 5.41) is 12.5. The molecule has 1 heterocycles. The molecule has 0 fully saturated rings. The van der Waals surface area contributed by atoms with Crippen LogP contribution in [0.1, 0.15) is 25.0 Å². The van der Waals surface area contributed by atoms with Crippen molar-refractivity contribution in [1.29, 1.82) is 0 Å². The Morgan fingerprint density at radius 1 is 1.24 bits per heavy atom. The van der Waals surface area contributed by atoms with Crippen LogP contribution in [0.4, 0.5) is 10.8 Å². The highest BCUT2D eigenvalue weighted by Crippen LogP contribution is 2.28. The molecule has 4 nitrogen and oxygen atoms in total. The Morgan fingerprint density at radius 3 is 2.76 bits per heavy atom. The van der Waals surface area contributed by atoms with Crippen molar-refractivity contribution in [2.75, 3.05) is 17.7 Å². The number of thioether (sulfide) groups is 1. The van der Waals surface area contributed by atoms with Crippen molar-refractivity contribution < 1.29 is 4.74 Å². The van der Waals surface area contributed by atoms with Gasteiger partial charge in [-0.3, -0.25) is 0 Å². The standard InChI is InChI=1S/C15H21N3OS2/c1-10(2)19-7-8-20-15-18-17-14(21-15)16-13-6-5-11(3)12(4)9-13/h5-6,9-10H,7-8H2,1-4H3,(H,16,17). The Morgan fingerprint density at radius 2 is 2.05 bits per heavy atom. The quantitative estimate of drug-likeness (QED) is 0.604. The molecular formula is C15H21N3OS2. The Kier molecular flexibility index (Phi) is 6.02. The zero-order chi connectivity index (χ0) is 15.2. The molecule has 0 atom stereocenters. The Labute approximate surface area is 134 Å². The van der Waals surface area contributed by atoms with Crippen molar-refractivity contribution >= 4 is 33.9 Å². The zero-order valence-corrected chi connectivity index (χ0v) is 14.5. The molecule has 6 heteroatoms. The van der Waals surface area contributed by atoms with E-state index in [4.69, 9.17) is 4.74 Å². The first kappa shape index (κ1) is 16.3. The Bertz CT molecular complexity index is 584. The second-order valence-corrected chi connectivity index (χ2v) is 7.38. The first-order valence-electron chi connectivity index (χ1n) is 6.97. The van der Waals surface area contributed by atoms with E-state index in [1.54, 1.807) is 23.1 Å². The zero-order valence-electron chi connectivity index (χ0n) is 12.8. The lowest BCUT2D eigenvalue weighted by atomic mass is 10.1. The average Bonchev–Trinajstić information content (AvgIpc) is 2.86. The summed E-state index contributed by atoms with van der Waals surface area (Å²) in [6.07, 6.45) is 0.280. The lowest BCUT2D eigenvalue weighted by Crippen LogP contribution is -2.05. The molecule has 0 saturated heterocycles. The van der Waals surface area contributed by atoms with Crippen molar-refractivity contribution in [3.8, 4) is 0 Å². The summed E-state index contributed by atoms with van der Waals surface area (Å²) < 4.78 is 6.48. The van der Waals surface area contributed by atoms with E-state index < -0.39 is 0 Å². The van der Waals surface area contributed by atoms with Gasteiger partial charge in [0, 0.05) is 11.4 Å². The third kappa shape index (κ3) is 5.30. The molecule has 0 radical (unpaired) electrons. The minimum absolute atomic E-state index is 0.280. The number of hydrogen-bond donors (Lipinski definition) is 1. The highest BCUT2D eigenvalue weighted by Gasteiger charge is 2.06. The fourth-order valence-corrected chi connectivity index (χ4v) is 3.35. The lowest BCUT2D eigenvalue weighted by molar-refractivity contribution is 0.0920. The van der Waals surface area contributed by atoms with Gasteiger partial charge in [0.05, 0.1) is 12.7 Å². The molecule has 2 aromatic rings. The van der Waals surface area contributed by atoms with Crippen molar-refractivity contribution in [2.24, 2.45) is 0 Å². The van der Waals surface area contributed by atoms with E-state index in [9.17, 15) is 0 Å². The molecule has 0 bridgehead atoms. The van der Waals surface area contributed by atoms with Gasteiger partial charge in [-0.1, -0.05) is 29.2 Å². The number of nitrogens with one attached hydrogen (secondary N) is 1. The van der Waals surface area contributed by atoms with E-state index >= 15 is 0 Å². The van der Waals surface area contributed by atoms with Gasteiger partial charge in [0.15, 0.2) is 4.34 Å². The van der Waals surface area contributed by atoms with Crippen molar-refractivity contribution in [3.05, 3.63) is 29.3 Å². The van der Waals surface area contributed by atoms with E-state index in [2.05, 4.69) is 47.6 Å². The number of benzene rings is 1. The highest BCUT2D eigenvalue weighted by atomic mass is 32.2. The van der Waals surface area contributed by atoms with E-state index in [0.29, 0.717) is 0 Å². The minimum atomic E-state index is 0.280. The molecule has 21 heavy (non-hydrogen) atoms. The molecule has 0 aliphatic carbocycles. The van der Waals surface area contributed by atoms with Gasteiger partial charge in [0.2, 0.25) is 5.13 Å². The number of rotatable bonds is 7. The smallest absolute Gasteiger partial charge is 0.210 e. The summed E-state index contributed by atoms with van der Waals surface area (Å²) in [4.78, 5) is 0. The SMILES string of the molecule is Cc1ccc(Nc2nnc(SCCOC(C)C)s2)cc1C. The summed E-state index contributed by atoms with van der Waals surface area (Å²) in [7, 11) is 0. The van der Waals surface area contributed by atoms with E-state index in [-0.39, 0.29) is 6.10 Å². The van der Waals surface area contributed by atoms with Gasteiger partial charge < -0.3 is 10.1 Å². The molecule has 1 aromatic carbocycles. The minimum Gasteiger partial charge on any atom is -0.378 e. The maximum atomic E-state index is 5.51. The Hall–Kier alpha value is -1.11. The second kappa shape index (κ2) is 7.77. The maximum Gasteiger partial charge on any atom is 0.210 e. The van der Waals surface area contributed by atoms with Crippen molar-refractivity contribution in [3.63, 3.8) is 0 Å². The third-order valence-electron chi connectivity index (χ3n) is 2.92. The second-order valence-electron chi connectivity index (χ2n) is 5.07. The third-order valence-corrected chi connectivity index (χ3v) is 4.86. The first-order chi connectivity index (χ1) is 10.0. The molecule has 0 amide bonds. The molecule has 0 aliphatic rings. The summed E-state index contributed by atoms with van der Waals surface area (Å²) in [6, 6.07) is 6.30. The van der Waals surface area contributed by atoms with Gasteiger partial charge in [0.1, 0.15) is 0 Å². The molecule has 0 spiro atoms. The molecular weight excluding hydrogens is 302 g/mol. The highest BCUT2D eigenvalue weighted by molar-refractivity contribution is 8.01. The maximum absolute atomic E-state index is 5.51. The van der Waals surface area contributed by atoms with Crippen LogP contribution in [-0.4, -0.2) is 28.7 Å². The van der Waals surface area contributed by atoms with Crippen LogP contribution in [0.25, 0.3) is 0 Å². The lowest BCUT2D eigenvalue weighted by Gasteiger charge is -2.05. The topological polar surface area (TPSA) is 47.0 Å². The van der Waals surface area contributed by atoms with E-state index in [1.807, 2.05) is 13.8 Å². The van der Waals surface area contributed by atoms with Gasteiger partial charge >= 0.3 is 0 Å². The number of anilines is 2. The van der Waals surface area contributed by atoms with Crippen LogP contribution in [0.15, 0.2) is 22.5 Å². The summed E-state index contributed by atoms with van der Waals surface area (Å²) in [6.45, 7) is 9.04. The van der Waals surface area contributed by atoms with Gasteiger partial charge in [-0.25, -0.2) is 0 Å². The van der Waals surface area contributed by atoms with Crippen LogP contribution in [-0.2, 0) is 4.74 Å². The average molecular weight is 323 g/mol. The van der Waals surface area contributed by atoms with Gasteiger partial charge in [-0.15, -0.1) is 10.2 Å². The molecule has 1 N–H and O–H groups in total. The summed E-state index contributed by atoms with van der Waals surface area (Å²) >= 11 is 3.25. The van der Waals surface area contributed by atoms with Gasteiger partial charge in [-0.2, -0.15) is 0 Å². The van der Waals surface area contributed by atoms with Crippen LogP contribution in [0.2, 0.25) is 0 Å². The molecule has 1 aromatic heterocycles. The van der Waals surface area contributed by atoms with Crippen molar-refractivity contribution in [2.45, 2.75) is 38.1 Å². The van der Waals surface area contributed by atoms with Gasteiger partial charge in [-0.05, 0) is 51.0 Å². The molecule has 2 rings (SSSR count). The first-order valence-corrected chi connectivity index (χ1v) is 8.77. The normalized spacial score (nSPS) is 11.1. The summed E-state index contributed by atoms with van der Waals surface area (Å²) in [5.74, 6) is 0.899. The number of hydrogen-bond acceptors (Lipinski definition) is 6.